The first-order valence-corrected chi connectivity index (χ1v) is 16.0. The minimum Gasteiger partial charge on any atom is -0.445 e. The first-order valence-electron chi connectivity index (χ1n) is 16.0. The quantitative estimate of drug-likeness (QED) is 0.182. The van der Waals surface area contributed by atoms with Gasteiger partial charge in [0, 0.05) is 19.3 Å². The van der Waals surface area contributed by atoms with Gasteiger partial charge in [-0.05, 0) is 66.1 Å². The molecule has 0 radical (unpaired) electrons. The highest BCUT2D eigenvalue weighted by molar-refractivity contribution is 6.01. The number of nitrogens with zero attached hydrogens (tertiary/aromatic N) is 1. The molecule has 0 saturated carbocycles. The number of benzene rings is 4. The maximum Gasteiger partial charge on any atom is 0.408 e. The molecule has 10 heteroatoms. The van der Waals surface area contributed by atoms with E-state index < -0.39 is 23.6 Å². The molecule has 0 aliphatic carbocycles. The average Bonchev–Trinajstić information content (AvgIpc) is 3.23. The third-order valence-corrected chi connectivity index (χ3v) is 8.34. The maximum absolute atomic E-state index is 14.1. The molecule has 0 saturated heterocycles. The Morgan fingerprint density at radius 2 is 1.54 bits per heavy atom. The Kier molecular flexibility index (Phi) is 10.7. The third-order valence-electron chi connectivity index (χ3n) is 8.34. The monoisotopic (exact) mass is 647 g/mol. The summed E-state index contributed by atoms with van der Waals surface area (Å²) in [4.78, 5) is 53.6. The standard InChI is InChI=1S/C38H41N5O5/c1-38(2,42-37(47)48-25-27-11-5-4-6-12-27)35(45)41-32-22-21-29-13-8-10-16-33(29)43(34(32)44)24-26-17-19-28(20-18-26)31-15-9-7-14-30(31)23-40-36(46)39-3/h4-20,32H,21-25H2,1-3H3,(H,41,45)(H,42,47)(H2,39,40,46)/t32-/m1/s1. The molecule has 1 atom stereocenters. The number of ether oxygens (including phenoxy) is 1. The van der Waals surface area contributed by atoms with Crippen LogP contribution in [0.15, 0.2) is 103 Å². The van der Waals surface area contributed by atoms with Crippen LogP contribution in [0.2, 0.25) is 0 Å². The highest BCUT2D eigenvalue weighted by Gasteiger charge is 2.36. The lowest BCUT2D eigenvalue weighted by Gasteiger charge is -2.30. The minimum atomic E-state index is -1.33. The molecule has 0 aromatic heterocycles. The lowest BCUT2D eigenvalue weighted by atomic mass is 9.98. The molecule has 1 aliphatic heterocycles. The van der Waals surface area contributed by atoms with Crippen molar-refractivity contribution in [3.8, 4) is 11.1 Å². The number of rotatable bonds is 10. The molecule has 4 aromatic rings. The maximum atomic E-state index is 14.1. The van der Waals surface area contributed by atoms with Gasteiger partial charge in [0.2, 0.25) is 11.8 Å². The van der Waals surface area contributed by atoms with E-state index >= 15 is 0 Å². The van der Waals surface area contributed by atoms with Crippen LogP contribution in [0.3, 0.4) is 0 Å². The van der Waals surface area contributed by atoms with Crippen LogP contribution in [-0.2, 0) is 40.4 Å². The van der Waals surface area contributed by atoms with Crippen LogP contribution in [0.25, 0.3) is 11.1 Å². The molecule has 0 bridgehead atoms. The Bertz CT molecular complexity index is 1760. The van der Waals surface area contributed by atoms with Crippen LogP contribution >= 0.6 is 0 Å². The summed E-state index contributed by atoms with van der Waals surface area (Å²) in [5.74, 6) is -0.720. The molecule has 4 N–H and O–H groups in total. The van der Waals surface area contributed by atoms with Gasteiger partial charge >= 0.3 is 12.1 Å². The zero-order valence-corrected chi connectivity index (χ0v) is 27.4. The van der Waals surface area contributed by atoms with Crippen molar-refractivity contribution in [2.45, 2.75) is 58.0 Å². The van der Waals surface area contributed by atoms with Crippen molar-refractivity contribution in [3.05, 3.63) is 125 Å². The van der Waals surface area contributed by atoms with Gasteiger partial charge in [-0.1, -0.05) is 97.1 Å². The number of fused-ring (bicyclic) bond motifs is 1. The fourth-order valence-electron chi connectivity index (χ4n) is 5.61. The second kappa shape index (κ2) is 15.3. The van der Waals surface area contributed by atoms with Crippen molar-refractivity contribution in [1.29, 1.82) is 0 Å². The first-order chi connectivity index (χ1) is 23.1. The summed E-state index contributed by atoms with van der Waals surface area (Å²) in [7, 11) is 1.58. The molecule has 0 unspecified atom stereocenters. The first kappa shape index (κ1) is 33.7. The summed E-state index contributed by atoms with van der Waals surface area (Å²) in [5.41, 5.74) is 5.18. The summed E-state index contributed by atoms with van der Waals surface area (Å²) in [6.45, 7) is 3.91. The van der Waals surface area contributed by atoms with Crippen LogP contribution < -0.4 is 26.2 Å². The number of aryl methyl sites for hydroxylation is 1. The number of hydrogen-bond donors (Lipinski definition) is 4. The highest BCUT2D eigenvalue weighted by Crippen LogP contribution is 2.30. The molecular weight excluding hydrogens is 606 g/mol. The van der Waals surface area contributed by atoms with Gasteiger partial charge in [0.25, 0.3) is 0 Å². The van der Waals surface area contributed by atoms with Gasteiger partial charge in [0.1, 0.15) is 18.2 Å². The summed E-state index contributed by atoms with van der Waals surface area (Å²) < 4.78 is 5.32. The van der Waals surface area contributed by atoms with Gasteiger partial charge in [-0.15, -0.1) is 0 Å². The number of carbonyl (C=O) groups is 4. The SMILES string of the molecule is CNC(=O)NCc1ccccc1-c1ccc(CN2C(=O)[C@H](NC(=O)C(C)(C)NC(=O)OCc3ccccc3)CCc3ccccc32)cc1. The molecule has 4 aromatic carbocycles. The van der Waals surface area contributed by atoms with Gasteiger partial charge in [0.05, 0.1) is 6.54 Å². The van der Waals surface area contributed by atoms with E-state index in [0.717, 1.165) is 39.1 Å². The van der Waals surface area contributed by atoms with Crippen molar-refractivity contribution >= 4 is 29.6 Å². The Hall–Kier alpha value is -5.64. The minimum absolute atomic E-state index is 0.0705. The summed E-state index contributed by atoms with van der Waals surface area (Å²) in [6.07, 6.45) is 0.275. The largest absolute Gasteiger partial charge is 0.445 e. The normalized spacial score (nSPS) is 14.3. The van der Waals surface area contributed by atoms with Crippen molar-refractivity contribution in [2.24, 2.45) is 0 Å². The molecule has 5 amide bonds. The molecule has 0 fully saturated rings. The van der Waals surface area contributed by atoms with E-state index in [-0.39, 0.29) is 18.5 Å². The van der Waals surface area contributed by atoms with Gasteiger partial charge in [-0.25, -0.2) is 9.59 Å². The molecule has 1 heterocycles. The molecule has 0 spiro atoms. The topological polar surface area (TPSA) is 129 Å². The van der Waals surface area contributed by atoms with Crippen molar-refractivity contribution < 1.29 is 23.9 Å². The average molecular weight is 648 g/mol. The van der Waals surface area contributed by atoms with E-state index in [0.29, 0.717) is 25.9 Å². The molecule has 248 valence electrons. The molecule has 5 rings (SSSR count). The second-order valence-electron chi connectivity index (χ2n) is 12.2. The van der Waals surface area contributed by atoms with Gasteiger partial charge < -0.3 is 30.9 Å². The molecule has 48 heavy (non-hydrogen) atoms. The van der Waals surface area contributed by atoms with Crippen molar-refractivity contribution in [2.75, 3.05) is 11.9 Å². The number of para-hydroxylation sites is 1. The number of hydrogen-bond acceptors (Lipinski definition) is 5. The number of carbonyl (C=O) groups excluding carboxylic acids is 4. The fraction of sp³-hybridized carbons (Fsp3) is 0.263. The van der Waals surface area contributed by atoms with Gasteiger partial charge in [-0.2, -0.15) is 0 Å². The second-order valence-corrected chi connectivity index (χ2v) is 12.2. The summed E-state index contributed by atoms with van der Waals surface area (Å²) in [5, 5.41) is 10.9. The fourth-order valence-corrected chi connectivity index (χ4v) is 5.61. The van der Waals surface area contributed by atoms with Crippen LogP contribution in [-0.4, -0.2) is 42.6 Å². The van der Waals surface area contributed by atoms with Crippen LogP contribution in [0.1, 0.15) is 42.5 Å². The Labute approximate surface area is 280 Å². The number of amides is 5. The molecular formula is C38H41N5O5. The molecule has 10 nitrogen and oxygen atoms in total. The third kappa shape index (κ3) is 8.38. The smallest absolute Gasteiger partial charge is 0.408 e. The lowest BCUT2D eigenvalue weighted by Crippen LogP contribution is -2.59. The Morgan fingerprint density at radius 1 is 0.854 bits per heavy atom. The van der Waals surface area contributed by atoms with Crippen LogP contribution in [0.5, 0.6) is 0 Å². The van der Waals surface area contributed by atoms with E-state index in [2.05, 4.69) is 21.3 Å². The predicted octanol–water partition coefficient (Wildman–Crippen LogP) is 5.45. The van der Waals surface area contributed by atoms with E-state index in [1.165, 1.54) is 0 Å². The number of urea groups is 1. The van der Waals surface area contributed by atoms with Crippen molar-refractivity contribution in [1.82, 2.24) is 21.3 Å². The predicted molar refractivity (Wildman–Crippen MR) is 185 cm³/mol. The van der Waals surface area contributed by atoms with Crippen LogP contribution in [0.4, 0.5) is 15.3 Å². The summed E-state index contributed by atoms with van der Waals surface area (Å²) >= 11 is 0. The Morgan fingerprint density at radius 3 is 2.29 bits per heavy atom. The lowest BCUT2D eigenvalue weighted by molar-refractivity contribution is -0.131. The Balaban J connectivity index is 1.28. The van der Waals surface area contributed by atoms with Crippen molar-refractivity contribution in [3.63, 3.8) is 0 Å². The zero-order valence-electron chi connectivity index (χ0n) is 27.4. The van der Waals surface area contributed by atoms with E-state index in [1.54, 1.807) is 25.8 Å². The molecule has 1 aliphatic rings. The number of nitrogens with one attached hydrogen (secondary N) is 4. The zero-order chi connectivity index (χ0) is 34.1. The summed E-state index contributed by atoms with van der Waals surface area (Å²) in [6, 6.07) is 31.9. The van der Waals surface area contributed by atoms with Gasteiger partial charge in [-0.3, -0.25) is 9.59 Å². The van der Waals surface area contributed by atoms with E-state index in [4.69, 9.17) is 4.74 Å². The number of anilines is 1. The number of alkyl carbamates (subject to hydrolysis) is 1. The van der Waals surface area contributed by atoms with Crippen LogP contribution in [0, 0.1) is 0 Å². The van der Waals surface area contributed by atoms with E-state index in [1.807, 2.05) is 103 Å². The highest BCUT2D eigenvalue weighted by atomic mass is 16.5. The van der Waals surface area contributed by atoms with Gasteiger partial charge in [0.15, 0.2) is 0 Å². The van der Waals surface area contributed by atoms with E-state index in [9.17, 15) is 19.2 Å².